The molecule has 0 radical (unpaired) electrons. The zero-order valence-corrected chi connectivity index (χ0v) is 12.4. The van der Waals surface area contributed by atoms with Crippen LogP contribution in [0.1, 0.15) is 29.6 Å². The third-order valence-corrected chi connectivity index (χ3v) is 4.28. The van der Waals surface area contributed by atoms with Gasteiger partial charge in [0.2, 0.25) is 0 Å². The zero-order chi connectivity index (χ0) is 14.9. The normalized spacial score (nSPS) is 21.8. The van der Waals surface area contributed by atoms with Crippen molar-refractivity contribution in [3.8, 4) is 5.75 Å². The van der Waals surface area contributed by atoms with Gasteiger partial charge in [0.15, 0.2) is 5.78 Å². The van der Waals surface area contributed by atoms with E-state index in [-0.39, 0.29) is 21.4 Å². The Balaban J connectivity index is 2.34. The fourth-order valence-corrected chi connectivity index (χ4v) is 3.13. The fraction of sp³-hybridized carbons (Fsp3) is 0.429. The first-order valence-corrected chi connectivity index (χ1v) is 7.01. The van der Waals surface area contributed by atoms with E-state index in [9.17, 15) is 9.59 Å². The number of carbonyl (C=O) groups is 2. The maximum atomic E-state index is 12.5. The van der Waals surface area contributed by atoms with Gasteiger partial charge in [0.25, 0.3) is 0 Å². The summed E-state index contributed by atoms with van der Waals surface area (Å²) in [6.07, 6.45) is 1.82. The van der Waals surface area contributed by atoms with Crippen LogP contribution in [0.15, 0.2) is 12.1 Å². The number of methoxy groups -OCH3 is 1. The molecule has 1 fully saturated rings. The van der Waals surface area contributed by atoms with Gasteiger partial charge in [-0.15, -0.1) is 0 Å². The minimum atomic E-state index is -0.934. The summed E-state index contributed by atoms with van der Waals surface area (Å²) < 4.78 is 5.02. The third kappa shape index (κ3) is 2.76. The molecule has 1 aromatic rings. The first-order valence-electron chi connectivity index (χ1n) is 6.25. The van der Waals surface area contributed by atoms with Crippen molar-refractivity contribution in [1.82, 2.24) is 0 Å². The summed E-state index contributed by atoms with van der Waals surface area (Å²) in [6.45, 7) is 0. The largest absolute Gasteiger partial charge is 0.495 e. The molecule has 1 N–H and O–H groups in total. The molecule has 0 heterocycles. The second-order valence-electron chi connectivity index (χ2n) is 4.81. The molecule has 1 aromatic carbocycles. The zero-order valence-electron chi connectivity index (χ0n) is 10.9. The Hall–Kier alpha value is -1.26. The average Bonchev–Trinajstić information content (AvgIpc) is 2.89. The number of Topliss-reactive ketones (excluding diaryl/α,β-unsaturated/α-hetero) is 1. The van der Waals surface area contributed by atoms with Crippen LogP contribution >= 0.6 is 23.2 Å². The second kappa shape index (κ2) is 6.02. The highest BCUT2D eigenvalue weighted by molar-refractivity contribution is 6.37. The number of halogens is 2. The van der Waals surface area contributed by atoms with Crippen LogP contribution in [0.2, 0.25) is 10.0 Å². The maximum absolute atomic E-state index is 12.5. The van der Waals surface area contributed by atoms with Crippen LogP contribution in [0.25, 0.3) is 0 Å². The van der Waals surface area contributed by atoms with E-state index in [1.807, 2.05) is 0 Å². The van der Waals surface area contributed by atoms with Crippen LogP contribution < -0.4 is 4.74 Å². The molecule has 20 heavy (non-hydrogen) atoms. The SMILES string of the molecule is COc1cc(Cl)c(C(=O)C2CCCC2C(=O)O)cc1Cl. The molecular formula is C14H14Cl2O4. The maximum Gasteiger partial charge on any atom is 0.307 e. The minimum Gasteiger partial charge on any atom is -0.495 e. The van der Waals surface area contributed by atoms with Crippen molar-refractivity contribution in [2.45, 2.75) is 19.3 Å². The lowest BCUT2D eigenvalue weighted by Gasteiger charge is -2.16. The standard InChI is InChI=1S/C14H14Cl2O4/c1-20-12-6-10(15)9(5-11(12)16)13(17)7-3-2-4-8(7)14(18)19/h5-8H,2-4H2,1H3,(H,18,19). The van der Waals surface area contributed by atoms with Crippen molar-refractivity contribution >= 4 is 35.0 Å². The molecule has 6 heteroatoms. The number of rotatable bonds is 4. The van der Waals surface area contributed by atoms with Crippen LogP contribution in [-0.4, -0.2) is 24.0 Å². The number of hydrogen-bond donors (Lipinski definition) is 1. The Kier molecular flexibility index (Phi) is 4.55. The predicted octanol–water partition coefficient (Wildman–Crippen LogP) is 3.69. The van der Waals surface area contributed by atoms with Gasteiger partial charge in [-0.3, -0.25) is 9.59 Å². The molecule has 0 aromatic heterocycles. The smallest absolute Gasteiger partial charge is 0.307 e. The van der Waals surface area contributed by atoms with Crippen LogP contribution in [-0.2, 0) is 4.79 Å². The van der Waals surface area contributed by atoms with E-state index in [4.69, 9.17) is 33.0 Å². The Morgan fingerprint density at radius 1 is 1.20 bits per heavy atom. The summed E-state index contributed by atoms with van der Waals surface area (Å²) in [5.74, 6) is -1.98. The monoisotopic (exact) mass is 316 g/mol. The Labute approximate surface area is 126 Å². The number of aliphatic carboxylic acids is 1. The fourth-order valence-electron chi connectivity index (χ4n) is 2.64. The molecule has 2 atom stereocenters. The van der Waals surface area contributed by atoms with Gasteiger partial charge in [-0.2, -0.15) is 0 Å². The first-order chi connectivity index (χ1) is 9.45. The molecule has 0 spiro atoms. The number of carbonyl (C=O) groups excluding carboxylic acids is 1. The van der Waals surface area contributed by atoms with Gasteiger partial charge < -0.3 is 9.84 Å². The Morgan fingerprint density at radius 2 is 1.85 bits per heavy atom. The number of carboxylic acids is 1. The molecule has 1 aliphatic carbocycles. The molecule has 1 saturated carbocycles. The van der Waals surface area contributed by atoms with Gasteiger partial charge in [-0.25, -0.2) is 0 Å². The van der Waals surface area contributed by atoms with Crippen molar-refractivity contribution in [2.24, 2.45) is 11.8 Å². The highest BCUT2D eigenvalue weighted by atomic mass is 35.5. The van der Waals surface area contributed by atoms with E-state index in [0.717, 1.165) is 6.42 Å². The van der Waals surface area contributed by atoms with Crippen molar-refractivity contribution in [3.05, 3.63) is 27.7 Å². The van der Waals surface area contributed by atoms with Crippen molar-refractivity contribution in [2.75, 3.05) is 7.11 Å². The Bertz CT molecular complexity index is 556. The molecule has 108 valence electrons. The van der Waals surface area contributed by atoms with Gasteiger partial charge in [0.05, 0.1) is 23.1 Å². The lowest BCUT2D eigenvalue weighted by atomic mass is 9.88. The number of benzene rings is 1. The molecule has 0 aliphatic heterocycles. The number of hydrogen-bond acceptors (Lipinski definition) is 3. The predicted molar refractivity (Wildman–Crippen MR) is 75.8 cm³/mol. The highest BCUT2D eigenvalue weighted by Crippen LogP contribution is 2.38. The van der Waals surface area contributed by atoms with Crippen LogP contribution in [0.3, 0.4) is 0 Å². The van der Waals surface area contributed by atoms with E-state index in [2.05, 4.69) is 0 Å². The second-order valence-corrected chi connectivity index (χ2v) is 5.63. The quantitative estimate of drug-likeness (QED) is 0.860. The van der Waals surface area contributed by atoms with Crippen LogP contribution in [0, 0.1) is 11.8 Å². The average molecular weight is 317 g/mol. The van der Waals surface area contributed by atoms with E-state index >= 15 is 0 Å². The minimum absolute atomic E-state index is 0.229. The van der Waals surface area contributed by atoms with Gasteiger partial charge in [-0.1, -0.05) is 29.6 Å². The molecule has 2 rings (SSSR count). The number of carboxylic acid groups (broad SMARTS) is 1. The van der Waals surface area contributed by atoms with Gasteiger partial charge >= 0.3 is 5.97 Å². The summed E-state index contributed by atoms with van der Waals surface area (Å²) in [5, 5.41) is 9.67. The van der Waals surface area contributed by atoms with E-state index in [1.54, 1.807) is 0 Å². The lowest BCUT2D eigenvalue weighted by Crippen LogP contribution is -2.25. The summed E-state index contributed by atoms with van der Waals surface area (Å²) in [5.41, 5.74) is 0.260. The van der Waals surface area contributed by atoms with Gasteiger partial charge in [0, 0.05) is 17.5 Å². The third-order valence-electron chi connectivity index (χ3n) is 3.68. The number of ketones is 1. The first kappa shape index (κ1) is 15.1. The highest BCUT2D eigenvalue weighted by Gasteiger charge is 2.38. The van der Waals surface area contributed by atoms with Gasteiger partial charge in [-0.05, 0) is 18.9 Å². The van der Waals surface area contributed by atoms with Crippen LogP contribution in [0.4, 0.5) is 0 Å². The van der Waals surface area contributed by atoms with E-state index < -0.39 is 17.8 Å². The van der Waals surface area contributed by atoms with Crippen molar-refractivity contribution in [3.63, 3.8) is 0 Å². The number of ether oxygens (including phenoxy) is 1. The molecule has 1 aliphatic rings. The molecule has 2 unspecified atom stereocenters. The van der Waals surface area contributed by atoms with E-state index in [1.165, 1.54) is 19.2 Å². The topological polar surface area (TPSA) is 63.6 Å². The summed E-state index contributed by atoms with van der Waals surface area (Å²) >= 11 is 12.1. The van der Waals surface area contributed by atoms with Crippen molar-refractivity contribution < 1.29 is 19.4 Å². The molecular weight excluding hydrogens is 303 g/mol. The lowest BCUT2D eigenvalue weighted by molar-refractivity contribution is -0.142. The molecule has 4 nitrogen and oxygen atoms in total. The van der Waals surface area contributed by atoms with Crippen molar-refractivity contribution in [1.29, 1.82) is 0 Å². The summed E-state index contributed by atoms with van der Waals surface area (Å²) in [6, 6.07) is 2.92. The van der Waals surface area contributed by atoms with Crippen LogP contribution in [0.5, 0.6) is 5.75 Å². The molecule has 0 saturated heterocycles. The van der Waals surface area contributed by atoms with E-state index in [0.29, 0.717) is 18.6 Å². The van der Waals surface area contributed by atoms with Gasteiger partial charge in [0.1, 0.15) is 5.75 Å². The Morgan fingerprint density at radius 3 is 2.45 bits per heavy atom. The molecule has 0 amide bonds. The summed E-state index contributed by atoms with van der Waals surface area (Å²) in [4.78, 5) is 23.7. The molecule has 0 bridgehead atoms. The summed E-state index contributed by atoms with van der Waals surface area (Å²) in [7, 11) is 1.45.